The highest BCUT2D eigenvalue weighted by Crippen LogP contribution is 2.21. The van der Waals surface area contributed by atoms with Crippen molar-refractivity contribution in [3.05, 3.63) is 119 Å². The first-order valence-corrected chi connectivity index (χ1v) is 34.2. The van der Waals surface area contributed by atoms with Gasteiger partial charge >= 0.3 is 5.97 Å². The molecule has 0 amide bonds. The van der Waals surface area contributed by atoms with Crippen LogP contribution >= 0.6 is 0 Å². The van der Waals surface area contributed by atoms with Crippen LogP contribution in [-0.2, 0) is 77.1 Å². The van der Waals surface area contributed by atoms with E-state index in [0.29, 0.717) is 75.0 Å². The van der Waals surface area contributed by atoms with Crippen LogP contribution in [0.5, 0.6) is 0 Å². The van der Waals surface area contributed by atoms with Gasteiger partial charge in [-0.25, -0.2) is 41.8 Å². The molecule has 0 saturated carbocycles. The van der Waals surface area contributed by atoms with Gasteiger partial charge in [0.25, 0.3) is 10.2 Å². The van der Waals surface area contributed by atoms with Gasteiger partial charge in [0.1, 0.15) is 29.1 Å². The van der Waals surface area contributed by atoms with Crippen LogP contribution in [0.3, 0.4) is 0 Å². The van der Waals surface area contributed by atoms with Crippen LogP contribution in [0.4, 0.5) is 29.1 Å². The summed E-state index contributed by atoms with van der Waals surface area (Å²) >= 11 is 0. The molecule has 87 heavy (non-hydrogen) atoms. The maximum atomic E-state index is 12.0. The number of aromatic nitrogens is 5. The number of piperazine rings is 2. The summed E-state index contributed by atoms with van der Waals surface area (Å²) in [7, 11) is -6.02. The first-order chi connectivity index (χ1) is 41.4. The van der Waals surface area contributed by atoms with Crippen LogP contribution in [0.2, 0.25) is 0 Å². The highest BCUT2D eigenvalue weighted by atomic mass is 32.2. The number of nitrogens with zero attached hydrogens (tertiary/aromatic N) is 13. The fourth-order valence-corrected chi connectivity index (χ4v) is 13.0. The van der Waals surface area contributed by atoms with E-state index in [1.54, 1.807) is 50.9 Å². The van der Waals surface area contributed by atoms with E-state index >= 15 is 0 Å². The van der Waals surface area contributed by atoms with E-state index in [-0.39, 0.29) is 23.4 Å². The van der Waals surface area contributed by atoms with Gasteiger partial charge in [0.15, 0.2) is 9.84 Å². The summed E-state index contributed by atoms with van der Waals surface area (Å²) in [4.78, 5) is 43.1. The fraction of sp³-hybridized carbons (Fsp3) is 0.544. The molecule has 0 aromatic carbocycles. The summed E-state index contributed by atoms with van der Waals surface area (Å²) in [6.45, 7) is 18.2. The van der Waals surface area contributed by atoms with E-state index < -0.39 is 30.1 Å². The van der Waals surface area contributed by atoms with Crippen molar-refractivity contribution in [2.24, 2.45) is 5.92 Å². The summed E-state index contributed by atoms with van der Waals surface area (Å²) in [5.74, 6) is 3.20. The molecule has 10 N–H and O–H groups in total. The standard InChI is InChI=1S/C14H21N3O2.C12H21N5O2S.C11H18N4O2S.C10H15N3O2S.C10H15N3O/c1-2-19-14(18)12-5-7-17(8-6-12)10-11-3-4-13(15)16-9-11;1-15(2)20(18,19)17-7-5-16(6-8-17)10-11-3-4-12(13)14-9-11;1-18(16,17)15-6-4-14(5-7-15)9-10-2-3-11(12)13-8-10;11-10-2-1-9(7-12-10)8-13-3-5-16(14,15)6-4-13;11-10-2-1-9(7-12-10)8-13-3-5-14-6-4-13/h3-4,9,12H,2,5-8,10H2,1H3,(H2,15,16);3-4,9H,5-8,10H2,1-2H3,(H2,13,14);2-3,8H,4-7,9H2,1H3,(H2,12,13);1-2,7H,3-6,8H2,(H2,11,12);1-2,7H,3-6,8H2,(H2,11,12). The maximum Gasteiger partial charge on any atom is 0.309 e. The number of ether oxygens (including phenoxy) is 2. The smallest absolute Gasteiger partial charge is 0.309 e. The second kappa shape index (κ2) is 34.5. The van der Waals surface area contributed by atoms with E-state index in [1.807, 2.05) is 61.8 Å². The molecule has 5 aliphatic heterocycles. The molecule has 0 atom stereocenters. The average molecular weight is 1270 g/mol. The number of rotatable bonds is 15. The van der Waals surface area contributed by atoms with Crippen molar-refractivity contribution >= 4 is 65.1 Å². The Morgan fingerprint density at radius 2 is 0.816 bits per heavy atom. The third kappa shape index (κ3) is 25.0. The minimum absolute atomic E-state index is 0.0451. The van der Waals surface area contributed by atoms with Crippen LogP contribution < -0.4 is 28.7 Å². The lowest BCUT2D eigenvalue weighted by atomic mass is 9.97. The van der Waals surface area contributed by atoms with Crippen LogP contribution in [0.15, 0.2) is 91.6 Å². The molecule has 27 nitrogen and oxygen atoms in total. The summed E-state index contributed by atoms with van der Waals surface area (Å²) in [6.07, 6.45) is 11.9. The number of pyridine rings is 5. The minimum atomic E-state index is -3.29. The normalized spacial score (nSPS) is 18.7. The van der Waals surface area contributed by atoms with Gasteiger partial charge in [0.2, 0.25) is 10.0 Å². The molecule has 0 bridgehead atoms. The number of esters is 1. The van der Waals surface area contributed by atoms with Gasteiger partial charge in [-0.2, -0.15) is 21.3 Å². The van der Waals surface area contributed by atoms with Gasteiger partial charge in [-0.1, -0.05) is 30.3 Å². The number of carbonyl (C=O) groups excluding carboxylic acids is 1. The molecule has 5 aromatic rings. The minimum Gasteiger partial charge on any atom is -0.466 e. The molecule has 480 valence electrons. The molecule has 5 aliphatic rings. The predicted octanol–water partition coefficient (Wildman–Crippen LogP) is 1.16. The monoisotopic (exact) mass is 1270 g/mol. The predicted molar refractivity (Wildman–Crippen MR) is 339 cm³/mol. The van der Waals surface area contributed by atoms with Crippen molar-refractivity contribution in [2.75, 3.05) is 172 Å². The van der Waals surface area contributed by atoms with Crippen molar-refractivity contribution in [1.82, 2.24) is 62.3 Å². The number of sulfone groups is 1. The lowest BCUT2D eigenvalue weighted by Gasteiger charge is -2.35. The quantitative estimate of drug-likeness (QED) is 0.0918. The van der Waals surface area contributed by atoms with E-state index in [0.717, 1.165) is 133 Å². The lowest BCUT2D eigenvalue weighted by molar-refractivity contribution is -0.149. The molecule has 10 rings (SSSR count). The van der Waals surface area contributed by atoms with Gasteiger partial charge in [-0.05, 0) is 91.0 Å². The van der Waals surface area contributed by atoms with Crippen LogP contribution in [0.1, 0.15) is 47.6 Å². The molecule has 5 saturated heterocycles. The van der Waals surface area contributed by atoms with Crippen LogP contribution in [0, 0.1) is 5.92 Å². The number of hydrogen-bond donors (Lipinski definition) is 5. The Bertz CT molecular complexity index is 3150. The molecule has 0 aliphatic carbocycles. The number of sulfonamides is 1. The number of morpholine rings is 1. The number of likely N-dealkylation sites (tertiary alicyclic amines) is 1. The Labute approximate surface area is 514 Å². The zero-order valence-electron chi connectivity index (χ0n) is 50.7. The van der Waals surface area contributed by atoms with Gasteiger partial charge < -0.3 is 38.1 Å². The molecule has 0 unspecified atom stereocenters. The zero-order valence-corrected chi connectivity index (χ0v) is 53.2. The highest BCUT2D eigenvalue weighted by molar-refractivity contribution is 7.91. The van der Waals surface area contributed by atoms with Crippen molar-refractivity contribution in [2.45, 2.75) is 52.5 Å². The second-order valence-electron chi connectivity index (χ2n) is 22.0. The maximum absolute atomic E-state index is 12.0. The molecule has 0 spiro atoms. The van der Waals surface area contributed by atoms with Crippen molar-refractivity contribution in [3.8, 4) is 0 Å². The second-order valence-corrected chi connectivity index (χ2v) is 28.4. The summed E-state index contributed by atoms with van der Waals surface area (Å²) < 4.78 is 83.9. The van der Waals surface area contributed by atoms with Crippen molar-refractivity contribution in [3.63, 3.8) is 0 Å². The molecule has 5 aromatic heterocycles. The summed E-state index contributed by atoms with van der Waals surface area (Å²) in [5, 5.41) is 0. The first-order valence-electron chi connectivity index (χ1n) is 29.1. The Hall–Kier alpha value is -6.29. The Balaban J connectivity index is 0.000000175. The fourth-order valence-electron chi connectivity index (χ4n) is 9.76. The van der Waals surface area contributed by atoms with Gasteiger partial charge in [0, 0.05) is 156 Å². The van der Waals surface area contributed by atoms with E-state index in [9.17, 15) is 30.0 Å². The van der Waals surface area contributed by atoms with E-state index in [1.165, 1.54) is 24.7 Å². The summed E-state index contributed by atoms with van der Waals surface area (Å²) in [6, 6.07) is 18.8. The molecule has 30 heteroatoms. The third-order valence-electron chi connectivity index (χ3n) is 14.9. The van der Waals surface area contributed by atoms with Gasteiger partial charge in [0.05, 0.1) is 43.5 Å². The molecule has 10 heterocycles. The Kier molecular flexibility index (Phi) is 27.6. The molecular formula is C57H90N18O9S3. The Morgan fingerprint density at radius 3 is 1.11 bits per heavy atom. The SMILES string of the molecule is CCOC(=O)C1CCN(Cc2ccc(N)nc2)CC1.CN(C)S(=O)(=O)N1CCN(Cc2ccc(N)nc2)CC1.CS(=O)(=O)N1CCN(Cc2ccc(N)nc2)CC1.Nc1ccc(CN2CCOCC2)cn1.Nc1ccc(CN2CCS(=O)(=O)CC2)cn1. The average Bonchev–Trinajstić information content (AvgIpc) is 3.59. The Morgan fingerprint density at radius 1 is 0.506 bits per heavy atom. The number of hydrogen-bond acceptors (Lipinski definition) is 24. The van der Waals surface area contributed by atoms with E-state index in [4.69, 9.17) is 38.1 Å². The topological polar surface area (TPSA) is 358 Å². The number of anilines is 5. The third-order valence-corrected chi connectivity index (χ3v) is 19.8. The number of carbonyl (C=O) groups is 1. The van der Waals surface area contributed by atoms with Gasteiger partial charge in [-0.15, -0.1) is 0 Å². The van der Waals surface area contributed by atoms with Crippen LogP contribution in [-0.4, -0.2) is 237 Å². The zero-order chi connectivity index (χ0) is 63.0. The largest absolute Gasteiger partial charge is 0.466 e. The molecule has 0 radical (unpaired) electrons. The number of nitrogens with two attached hydrogens (primary N) is 5. The van der Waals surface area contributed by atoms with Crippen molar-refractivity contribution in [1.29, 1.82) is 0 Å². The van der Waals surface area contributed by atoms with Crippen molar-refractivity contribution < 1.29 is 39.5 Å². The lowest BCUT2D eigenvalue weighted by Crippen LogP contribution is -2.51. The number of piperidine rings is 1. The van der Waals surface area contributed by atoms with Gasteiger partial charge in [-0.3, -0.25) is 29.3 Å². The number of nitrogen functional groups attached to an aromatic ring is 5. The van der Waals surface area contributed by atoms with E-state index in [2.05, 4.69) is 49.4 Å². The molecule has 5 fully saturated rings. The summed E-state index contributed by atoms with van der Waals surface area (Å²) in [5.41, 5.74) is 33.3. The highest BCUT2D eigenvalue weighted by Gasteiger charge is 2.29. The molecular weight excluding hydrogens is 1180 g/mol. The first kappa shape index (κ1) is 69.8. The van der Waals surface area contributed by atoms with Crippen LogP contribution in [0.25, 0.3) is 0 Å².